The Hall–Kier alpha value is -2.02. The molecule has 1 aliphatic rings. The number of nitrogens with one attached hydrogen (secondary N) is 2. The monoisotopic (exact) mass is 558 g/mol. The quantitative estimate of drug-likeness (QED) is 0.312. The lowest BCUT2D eigenvalue weighted by Gasteiger charge is -2.12. The molecule has 0 unspecified atom stereocenters. The van der Waals surface area contributed by atoms with Crippen LogP contribution in [0.1, 0.15) is 27.4 Å². The SMILES string of the molecule is Cc1cc(F)ccc1NC(=O)c1cc(NC(=O)[C@H]2[C@H](c3ccc(Cl)c(Cl)c3)C2(Cl)Cl)ccc1Cl. The van der Waals surface area contributed by atoms with Crippen molar-refractivity contribution in [1.82, 2.24) is 0 Å². The molecule has 0 spiro atoms. The molecular formula is C24H16Cl5FN2O2. The van der Waals surface area contributed by atoms with E-state index in [9.17, 15) is 14.0 Å². The molecule has 2 N–H and O–H groups in total. The topological polar surface area (TPSA) is 58.2 Å². The Balaban J connectivity index is 1.51. The second kappa shape index (κ2) is 9.56. The molecule has 0 aliphatic heterocycles. The van der Waals surface area contributed by atoms with E-state index in [1.807, 2.05) is 0 Å². The fourth-order valence-electron chi connectivity index (χ4n) is 3.73. The Morgan fingerprint density at radius 1 is 0.882 bits per heavy atom. The molecule has 1 fully saturated rings. The van der Waals surface area contributed by atoms with Gasteiger partial charge in [0.2, 0.25) is 5.91 Å². The first-order chi connectivity index (χ1) is 16.0. The van der Waals surface area contributed by atoms with Gasteiger partial charge < -0.3 is 10.6 Å². The second-order valence-electron chi connectivity index (χ2n) is 7.90. The largest absolute Gasteiger partial charge is 0.326 e. The zero-order valence-corrected chi connectivity index (χ0v) is 21.2. The van der Waals surface area contributed by atoms with E-state index in [1.165, 1.54) is 30.3 Å². The van der Waals surface area contributed by atoms with Crippen molar-refractivity contribution in [3.05, 3.63) is 92.2 Å². The predicted molar refractivity (Wildman–Crippen MR) is 136 cm³/mol. The molecule has 0 radical (unpaired) electrons. The Kier molecular flexibility index (Phi) is 7.05. The summed E-state index contributed by atoms with van der Waals surface area (Å²) in [4.78, 5) is 25.7. The summed E-state index contributed by atoms with van der Waals surface area (Å²) in [7, 11) is 0. The maximum atomic E-state index is 13.3. The van der Waals surface area contributed by atoms with Crippen molar-refractivity contribution in [3.63, 3.8) is 0 Å². The average molecular weight is 561 g/mol. The van der Waals surface area contributed by atoms with Crippen LogP contribution in [0.25, 0.3) is 0 Å². The van der Waals surface area contributed by atoms with Crippen LogP contribution in [0.5, 0.6) is 0 Å². The summed E-state index contributed by atoms with van der Waals surface area (Å²) in [6, 6.07) is 13.4. The highest BCUT2D eigenvalue weighted by Gasteiger charge is 2.67. The van der Waals surface area contributed by atoms with Crippen LogP contribution in [0.3, 0.4) is 0 Å². The van der Waals surface area contributed by atoms with Crippen LogP contribution < -0.4 is 10.6 Å². The molecule has 1 saturated carbocycles. The Morgan fingerprint density at radius 2 is 1.59 bits per heavy atom. The van der Waals surface area contributed by atoms with Crippen LogP contribution in [0.4, 0.5) is 15.8 Å². The van der Waals surface area contributed by atoms with Gasteiger partial charge >= 0.3 is 0 Å². The number of anilines is 2. The molecule has 10 heteroatoms. The summed E-state index contributed by atoms with van der Waals surface area (Å²) in [5.41, 5.74) is 2.14. The zero-order chi connectivity index (χ0) is 24.8. The lowest BCUT2D eigenvalue weighted by atomic mass is 10.1. The highest BCUT2D eigenvalue weighted by molar-refractivity contribution is 6.53. The van der Waals surface area contributed by atoms with Gasteiger partial charge in [-0.2, -0.15) is 0 Å². The van der Waals surface area contributed by atoms with E-state index >= 15 is 0 Å². The smallest absolute Gasteiger partial charge is 0.257 e. The number of carbonyl (C=O) groups is 2. The van der Waals surface area contributed by atoms with Gasteiger partial charge in [0.15, 0.2) is 0 Å². The van der Waals surface area contributed by atoms with Crippen LogP contribution in [0.15, 0.2) is 54.6 Å². The van der Waals surface area contributed by atoms with Gasteiger partial charge in [0, 0.05) is 17.3 Å². The van der Waals surface area contributed by atoms with E-state index < -0.39 is 33.8 Å². The predicted octanol–water partition coefficient (Wildman–Crippen LogP) is 7.87. The van der Waals surface area contributed by atoms with Crippen LogP contribution in [0.2, 0.25) is 15.1 Å². The molecule has 0 bridgehead atoms. The van der Waals surface area contributed by atoms with Crippen molar-refractivity contribution in [3.8, 4) is 0 Å². The number of benzene rings is 3. The van der Waals surface area contributed by atoms with Crippen molar-refractivity contribution in [1.29, 1.82) is 0 Å². The number of aryl methyl sites for hydroxylation is 1. The van der Waals surface area contributed by atoms with Gasteiger partial charge in [0.1, 0.15) is 10.2 Å². The molecular weight excluding hydrogens is 545 g/mol. The van der Waals surface area contributed by atoms with Gasteiger partial charge in [-0.1, -0.05) is 40.9 Å². The van der Waals surface area contributed by atoms with Crippen LogP contribution in [-0.4, -0.2) is 16.1 Å². The van der Waals surface area contributed by atoms with Gasteiger partial charge in [-0.05, 0) is 66.6 Å². The standard InChI is InChI=1S/C24H16Cl5FN2O2/c1-11-8-13(30)3-7-19(11)32-22(33)15-10-14(4-6-16(15)25)31-23(34)21-20(24(21,28)29)12-2-5-17(26)18(27)9-12/h2-10,20-21H,1H3,(H,31,34)(H,32,33)/t20-,21+/m0/s1. The molecule has 2 atom stereocenters. The third kappa shape index (κ3) is 5.00. The zero-order valence-electron chi connectivity index (χ0n) is 17.4. The first kappa shape index (κ1) is 25.1. The fraction of sp³-hybridized carbons (Fsp3) is 0.167. The van der Waals surface area contributed by atoms with E-state index in [2.05, 4.69) is 10.6 Å². The second-order valence-corrected chi connectivity index (χ2v) is 10.6. The molecule has 4 rings (SSSR count). The molecule has 0 heterocycles. The third-order valence-electron chi connectivity index (χ3n) is 5.55. The van der Waals surface area contributed by atoms with Crippen molar-refractivity contribution in [2.24, 2.45) is 5.92 Å². The number of alkyl halides is 2. The summed E-state index contributed by atoms with van der Waals surface area (Å²) in [6.07, 6.45) is 0. The molecule has 34 heavy (non-hydrogen) atoms. The summed E-state index contributed by atoms with van der Waals surface area (Å²) in [6.45, 7) is 1.67. The number of halogens is 6. The van der Waals surface area contributed by atoms with Gasteiger partial charge in [-0.3, -0.25) is 9.59 Å². The number of carbonyl (C=O) groups excluding carboxylic acids is 2. The number of amides is 2. The Labute approximate surface area is 220 Å². The minimum Gasteiger partial charge on any atom is -0.326 e. The van der Waals surface area contributed by atoms with Gasteiger partial charge in [-0.15, -0.1) is 23.2 Å². The van der Waals surface area contributed by atoms with Gasteiger partial charge in [0.05, 0.1) is 26.5 Å². The maximum Gasteiger partial charge on any atom is 0.257 e. The molecule has 3 aromatic rings. The molecule has 176 valence electrons. The third-order valence-corrected chi connectivity index (χ3v) is 7.56. The van der Waals surface area contributed by atoms with E-state index in [1.54, 1.807) is 31.2 Å². The van der Waals surface area contributed by atoms with Crippen molar-refractivity contribution in [2.75, 3.05) is 10.6 Å². The van der Waals surface area contributed by atoms with Gasteiger partial charge in [0.25, 0.3) is 5.91 Å². The highest BCUT2D eigenvalue weighted by atomic mass is 35.5. The van der Waals surface area contributed by atoms with Crippen molar-refractivity contribution < 1.29 is 14.0 Å². The normalized spacial score (nSPS) is 18.3. The summed E-state index contributed by atoms with van der Waals surface area (Å²) >= 11 is 31.1. The van der Waals surface area contributed by atoms with Crippen molar-refractivity contribution in [2.45, 2.75) is 17.2 Å². The summed E-state index contributed by atoms with van der Waals surface area (Å²) in [5, 5.41) is 6.32. The number of hydrogen-bond donors (Lipinski definition) is 2. The first-order valence-corrected chi connectivity index (χ1v) is 11.9. The van der Waals surface area contributed by atoms with E-state index in [0.29, 0.717) is 32.5 Å². The lowest BCUT2D eigenvalue weighted by Crippen LogP contribution is -2.18. The molecule has 1 aliphatic carbocycles. The minimum atomic E-state index is -1.33. The highest BCUT2D eigenvalue weighted by Crippen LogP contribution is 2.65. The van der Waals surface area contributed by atoms with Crippen molar-refractivity contribution >= 4 is 81.2 Å². The minimum absolute atomic E-state index is 0.128. The Morgan fingerprint density at radius 3 is 2.26 bits per heavy atom. The molecule has 0 aromatic heterocycles. The lowest BCUT2D eigenvalue weighted by molar-refractivity contribution is -0.117. The first-order valence-electron chi connectivity index (χ1n) is 9.99. The van der Waals surface area contributed by atoms with Crippen LogP contribution in [0, 0.1) is 18.7 Å². The molecule has 3 aromatic carbocycles. The molecule has 2 amide bonds. The van der Waals surface area contributed by atoms with Gasteiger partial charge in [-0.25, -0.2) is 4.39 Å². The summed E-state index contributed by atoms with van der Waals surface area (Å²) in [5.74, 6) is -2.58. The van der Waals surface area contributed by atoms with E-state index in [0.717, 1.165) is 0 Å². The van der Waals surface area contributed by atoms with Crippen LogP contribution >= 0.6 is 58.0 Å². The average Bonchev–Trinajstić information content (AvgIpc) is 3.35. The van der Waals surface area contributed by atoms with E-state index in [-0.39, 0.29) is 10.6 Å². The molecule has 0 saturated heterocycles. The molecule has 4 nitrogen and oxygen atoms in total. The Bertz CT molecular complexity index is 1310. The maximum absolute atomic E-state index is 13.3. The number of hydrogen-bond acceptors (Lipinski definition) is 2. The fourth-order valence-corrected chi connectivity index (χ4v) is 5.07. The van der Waals surface area contributed by atoms with E-state index in [4.69, 9.17) is 58.0 Å². The van der Waals surface area contributed by atoms with Crippen LogP contribution in [-0.2, 0) is 4.79 Å². The summed E-state index contributed by atoms with van der Waals surface area (Å²) < 4.78 is 12.0. The number of rotatable bonds is 5.